The number of carbonyl (C=O) groups excluding carboxylic acids is 1. The summed E-state index contributed by atoms with van der Waals surface area (Å²) >= 11 is 0. The molecule has 0 fully saturated rings. The van der Waals surface area contributed by atoms with Gasteiger partial charge in [-0.25, -0.2) is 8.78 Å². The van der Waals surface area contributed by atoms with E-state index in [4.69, 9.17) is 5.26 Å². The number of hydrogen-bond donors (Lipinski definition) is 0. The Kier molecular flexibility index (Phi) is 4.41. The minimum Gasteiger partial charge on any atom is -0.469 e. The minimum atomic E-state index is -3.11. The molecule has 0 amide bonds. The van der Waals surface area contributed by atoms with Crippen LogP contribution in [0.3, 0.4) is 0 Å². The number of ether oxygens (including phenoxy) is 1. The van der Waals surface area contributed by atoms with Gasteiger partial charge in [0.1, 0.15) is 11.6 Å². The van der Waals surface area contributed by atoms with Crippen molar-refractivity contribution >= 4 is 11.8 Å². The third-order valence-corrected chi connectivity index (χ3v) is 2.18. The molecule has 0 unspecified atom stereocenters. The molecule has 9 heteroatoms. The van der Waals surface area contributed by atoms with Crippen LogP contribution >= 0.6 is 0 Å². The molecule has 7 nitrogen and oxygen atoms in total. The zero-order chi connectivity index (χ0) is 14.6. The quantitative estimate of drug-likeness (QED) is 0.466. The highest BCUT2D eigenvalue weighted by Gasteiger charge is 2.28. The fourth-order valence-electron chi connectivity index (χ4n) is 1.34. The van der Waals surface area contributed by atoms with Gasteiger partial charge in [0.15, 0.2) is 0 Å². The maximum Gasteiger partial charge on any atom is 0.381 e. The Bertz CT molecular complexity index is 569. The molecule has 0 atom stereocenters. The Morgan fingerprint density at radius 3 is 2.74 bits per heavy atom. The van der Waals surface area contributed by atoms with Crippen LogP contribution in [0, 0.1) is 21.4 Å². The van der Waals surface area contributed by atoms with Crippen molar-refractivity contribution in [3.8, 4) is 6.07 Å². The molecular formula is C10H7F2N3O4. The van der Waals surface area contributed by atoms with E-state index in [-0.39, 0.29) is 5.56 Å². The molecule has 0 saturated carbocycles. The lowest BCUT2D eigenvalue weighted by Gasteiger charge is -2.05. The summed E-state index contributed by atoms with van der Waals surface area (Å²) in [6.45, 7) is 0. The van der Waals surface area contributed by atoms with Gasteiger partial charge in [0.25, 0.3) is 0 Å². The van der Waals surface area contributed by atoms with Crippen molar-refractivity contribution in [2.75, 3.05) is 7.11 Å². The van der Waals surface area contributed by atoms with E-state index in [2.05, 4.69) is 9.72 Å². The topological polar surface area (TPSA) is 106 Å². The van der Waals surface area contributed by atoms with E-state index in [1.807, 2.05) is 0 Å². The lowest BCUT2D eigenvalue weighted by molar-refractivity contribution is -0.390. The maximum atomic E-state index is 12.7. The molecule has 1 aromatic heterocycles. The van der Waals surface area contributed by atoms with Gasteiger partial charge in [-0.1, -0.05) is 0 Å². The third-order valence-electron chi connectivity index (χ3n) is 2.18. The van der Waals surface area contributed by atoms with Crippen LogP contribution in [0.1, 0.15) is 23.2 Å². The predicted molar refractivity (Wildman–Crippen MR) is 56.3 cm³/mol. The Balaban J connectivity index is 3.41. The number of esters is 1. The number of rotatable bonds is 4. The fourth-order valence-corrected chi connectivity index (χ4v) is 1.34. The molecule has 0 radical (unpaired) electrons. The fraction of sp³-hybridized carbons (Fsp3) is 0.300. The number of pyridine rings is 1. The van der Waals surface area contributed by atoms with E-state index in [1.165, 1.54) is 6.07 Å². The summed E-state index contributed by atoms with van der Waals surface area (Å²) in [7, 11) is 1.06. The first kappa shape index (κ1) is 14.4. The van der Waals surface area contributed by atoms with Crippen LogP contribution in [0.15, 0.2) is 6.07 Å². The summed E-state index contributed by atoms with van der Waals surface area (Å²) in [5, 5.41) is 19.3. The van der Waals surface area contributed by atoms with Crippen molar-refractivity contribution in [2.24, 2.45) is 0 Å². The number of aromatic nitrogens is 1. The lowest BCUT2D eigenvalue weighted by Crippen LogP contribution is -2.10. The van der Waals surface area contributed by atoms with Gasteiger partial charge < -0.3 is 14.9 Å². The van der Waals surface area contributed by atoms with Crippen molar-refractivity contribution in [1.82, 2.24) is 4.98 Å². The number of methoxy groups -OCH3 is 1. The second-order valence-corrected chi connectivity index (χ2v) is 3.33. The number of nitrogens with zero attached hydrogens (tertiary/aromatic N) is 3. The summed E-state index contributed by atoms with van der Waals surface area (Å²) in [6, 6.07) is 2.32. The van der Waals surface area contributed by atoms with E-state index in [0.29, 0.717) is 0 Å². The van der Waals surface area contributed by atoms with Crippen molar-refractivity contribution in [1.29, 1.82) is 5.26 Å². The molecule has 0 aliphatic carbocycles. The zero-order valence-corrected chi connectivity index (χ0v) is 9.59. The van der Waals surface area contributed by atoms with E-state index in [9.17, 15) is 23.7 Å². The average Bonchev–Trinajstić information content (AvgIpc) is 2.37. The molecule has 0 aliphatic heterocycles. The van der Waals surface area contributed by atoms with Gasteiger partial charge >= 0.3 is 18.2 Å². The Labute approximate surface area is 105 Å². The van der Waals surface area contributed by atoms with Crippen LogP contribution in [0.5, 0.6) is 0 Å². The second-order valence-electron chi connectivity index (χ2n) is 3.33. The van der Waals surface area contributed by atoms with Crippen LogP contribution < -0.4 is 0 Å². The predicted octanol–water partition coefficient (Wildman–Crippen LogP) is 1.51. The normalized spacial score (nSPS) is 10.1. The van der Waals surface area contributed by atoms with Crippen LogP contribution in [-0.4, -0.2) is 23.0 Å². The van der Waals surface area contributed by atoms with E-state index < -0.39 is 40.8 Å². The summed E-state index contributed by atoms with van der Waals surface area (Å²) in [5.41, 5.74) is -1.67. The van der Waals surface area contributed by atoms with E-state index in [1.54, 1.807) is 0 Å². The molecule has 1 aromatic rings. The Morgan fingerprint density at radius 1 is 1.68 bits per heavy atom. The molecule has 1 heterocycles. The standard InChI is InChI=1S/C10H7F2N3O4/c1-19-7(16)3-5-2-6(4-13)10(15(17)18)14-8(5)9(11)12/h2,9H,3H2,1H3. The zero-order valence-electron chi connectivity index (χ0n) is 9.59. The first-order valence-corrected chi connectivity index (χ1v) is 4.84. The number of hydrogen-bond acceptors (Lipinski definition) is 6. The highest BCUT2D eigenvalue weighted by atomic mass is 19.3. The summed E-state index contributed by atoms with van der Waals surface area (Å²) in [4.78, 5) is 23.8. The molecule has 1 rings (SSSR count). The third kappa shape index (κ3) is 3.19. The SMILES string of the molecule is COC(=O)Cc1cc(C#N)c([N+](=O)[O-])nc1C(F)F. The number of carbonyl (C=O) groups is 1. The van der Waals surface area contributed by atoms with Gasteiger partial charge in [0.05, 0.1) is 13.5 Å². The molecule has 0 N–H and O–H groups in total. The number of halogens is 2. The van der Waals surface area contributed by atoms with Crippen LogP contribution in [0.25, 0.3) is 0 Å². The average molecular weight is 271 g/mol. The molecule has 0 saturated heterocycles. The van der Waals surface area contributed by atoms with Gasteiger partial charge in [-0.2, -0.15) is 5.26 Å². The largest absolute Gasteiger partial charge is 0.469 e. The number of nitriles is 1. The summed E-state index contributed by atoms with van der Waals surface area (Å²) in [6.07, 6.45) is -3.65. The summed E-state index contributed by atoms with van der Waals surface area (Å²) < 4.78 is 29.8. The molecule has 0 spiro atoms. The van der Waals surface area contributed by atoms with Crippen molar-refractivity contribution < 1.29 is 23.2 Å². The first-order valence-electron chi connectivity index (χ1n) is 4.84. The van der Waals surface area contributed by atoms with E-state index >= 15 is 0 Å². The molecule has 0 aromatic carbocycles. The van der Waals surface area contributed by atoms with Crippen molar-refractivity contribution in [2.45, 2.75) is 12.8 Å². The van der Waals surface area contributed by atoms with Gasteiger partial charge in [0.2, 0.25) is 5.69 Å². The smallest absolute Gasteiger partial charge is 0.381 e. The monoisotopic (exact) mass is 271 g/mol. The van der Waals surface area contributed by atoms with Gasteiger partial charge in [-0.05, 0) is 16.0 Å². The van der Waals surface area contributed by atoms with Crippen LogP contribution in [0.4, 0.5) is 14.6 Å². The molecular weight excluding hydrogens is 264 g/mol. The lowest BCUT2D eigenvalue weighted by atomic mass is 10.1. The Morgan fingerprint density at radius 2 is 2.32 bits per heavy atom. The highest BCUT2D eigenvalue weighted by Crippen LogP contribution is 2.27. The molecule has 0 aliphatic rings. The highest BCUT2D eigenvalue weighted by molar-refractivity contribution is 5.73. The molecule has 0 bridgehead atoms. The summed E-state index contributed by atoms with van der Waals surface area (Å²) in [5.74, 6) is -1.78. The van der Waals surface area contributed by atoms with Gasteiger partial charge in [-0.3, -0.25) is 4.79 Å². The molecule has 100 valence electrons. The number of nitro groups is 1. The Hall–Kier alpha value is -2.63. The van der Waals surface area contributed by atoms with Crippen molar-refractivity contribution in [3.63, 3.8) is 0 Å². The van der Waals surface area contributed by atoms with Gasteiger partial charge in [-0.15, -0.1) is 0 Å². The van der Waals surface area contributed by atoms with Gasteiger partial charge in [0, 0.05) is 5.56 Å². The van der Waals surface area contributed by atoms with Crippen LogP contribution in [0.2, 0.25) is 0 Å². The van der Waals surface area contributed by atoms with Crippen LogP contribution in [-0.2, 0) is 16.0 Å². The maximum absolute atomic E-state index is 12.7. The molecule has 19 heavy (non-hydrogen) atoms. The number of alkyl halides is 2. The first-order chi connectivity index (χ1) is 8.90. The second kappa shape index (κ2) is 5.81. The van der Waals surface area contributed by atoms with Crippen molar-refractivity contribution in [3.05, 3.63) is 33.0 Å². The van der Waals surface area contributed by atoms with E-state index in [0.717, 1.165) is 13.2 Å². The minimum absolute atomic E-state index is 0.274.